The SMILES string of the molecule is c1ccc(Oc2ccc3[nH]c4c(c3c2)CCCC4)cc1. The molecular formula is C18H17NO. The summed E-state index contributed by atoms with van der Waals surface area (Å²) in [4.78, 5) is 3.55. The number of hydrogen-bond donors (Lipinski definition) is 1. The highest BCUT2D eigenvalue weighted by Gasteiger charge is 2.15. The second-order valence-corrected chi connectivity index (χ2v) is 5.41. The maximum atomic E-state index is 5.93. The molecule has 100 valence electrons. The molecule has 1 N–H and O–H groups in total. The predicted molar refractivity (Wildman–Crippen MR) is 81.5 cm³/mol. The maximum Gasteiger partial charge on any atom is 0.128 e. The van der Waals surface area contributed by atoms with Gasteiger partial charge in [0.05, 0.1) is 0 Å². The lowest BCUT2D eigenvalue weighted by molar-refractivity contribution is 0.483. The molecule has 0 fully saturated rings. The topological polar surface area (TPSA) is 25.0 Å². The number of benzene rings is 2. The zero-order chi connectivity index (χ0) is 13.4. The van der Waals surface area contributed by atoms with Crippen LogP contribution >= 0.6 is 0 Å². The van der Waals surface area contributed by atoms with E-state index in [0.29, 0.717) is 0 Å². The number of aromatic nitrogens is 1. The van der Waals surface area contributed by atoms with E-state index in [9.17, 15) is 0 Å². The first-order valence-electron chi connectivity index (χ1n) is 7.26. The standard InChI is InChI=1S/C18H17NO/c1-2-6-13(7-3-1)20-14-10-11-18-16(12-14)15-8-4-5-9-17(15)19-18/h1-3,6-7,10-12,19H,4-5,8-9H2. The van der Waals surface area contributed by atoms with Crippen molar-refractivity contribution in [3.05, 3.63) is 59.8 Å². The monoisotopic (exact) mass is 263 g/mol. The summed E-state index contributed by atoms with van der Waals surface area (Å²) >= 11 is 0. The smallest absolute Gasteiger partial charge is 0.128 e. The number of hydrogen-bond acceptors (Lipinski definition) is 1. The van der Waals surface area contributed by atoms with E-state index in [0.717, 1.165) is 11.5 Å². The third kappa shape index (κ3) is 1.97. The minimum absolute atomic E-state index is 0.885. The van der Waals surface area contributed by atoms with Crippen LogP contribution in [0.5, 0.6) is 11.5 Å². The van der Waals surface area contributed by atoms with E-state index in [1.807, 2.05) is 36.4 Å². The number of aryl methyl sites for hydroxylation is 2. The number of ether oxygens (including phenoxy) is 1. The molecule has 0 spiro atoms. The first kappa shape index (κ1) is 11.6. The Hall–Kier alpha value is -2.22. The minimum atomic E-state index is 0.885. The summed E-state index contributed by atoms with van der Waals surface area (Å²) in [7, 11) is 0. The molecule has 20 heavy (non-hydrogen) atoms. The maximum absolute atomic E-state index is 5.93. The summed E-state index contributed by atoms with van der Waals surface area (Å²) in [5.41, 5.74) is 4.14. The van der Waals surface area contributed by atoms with E-state index in [2.05, 4.69) is 17.1 Å². The number of aromatic amines is 1. The Kier molecular flexibility index (Phi) is 2.73. The molecule has 2 aromatic carbocycles. The Morgan fingerprint density at radius 3 is 2.60 bits per heavy atom. The van der Waals surface area contributed by atoms with Gasteiger partial charge in [-0.3, -0.25) is 0 Å². The van der Waals surface area contributed by atoms with Crippen LogP contribution in [-0.4, -0.2) is 4.98 Å². The van der Waals surface area contributed by atoms with Crippen molar-refractivity contribution in [2.24, 2.45) is 0 Å². The Labute approximate surface area is 118 Å². The molecule has 1 aliphatic carbocycles. The lowest BCUT2D eigenvalue weighted by Gasteiger charge is -2.10. The molecule has 3 aromatic rings. The number of nitrogens with one attached hydrogen (secondary N) is 1. The fourth-order valence-corrected chi connectivity index (χ4v) is 3.07. The summed E-state index contributed by atoms with van der Waals surface area (Å²) in [6.07, 6.45) is 4.96. The van der Waals surface area contributed by atoms with Crippen LogP contribution in [0.25, 0.3) is 10.9 Å². The van der Waals surface area contributed by atoms with Gasteiger partial charge in [-0.05, 0) is 61.6 Å². The van der Waals surface area contributed by atoms with Gasteiger partial charge in [0, 0.05) is 16.6 Å². The third-order valence-electron chi connectivity index (χ3n) is 4.05. The molecule has 0 saturated carbocycles. The Balaban J connectivity index is 1.74. The van der Waals surface area contributed by atoms with Crippen molar-refractivity contribution in [3.63, 3.8) is 0 Å². The minimum Gasteiger partial charge on any atom is -0.457 e. The van der Waals surface area contributed by atoms with Gasteiger partial charge in [-0.2, -0.15) is 0 Å². The van der Waals surface area contributed by atoms with Gasteiger partial charge in [0.15, 0.2) is 0 Å². The van der Waals surface area contributed by atoms with E-state index in [-0.39, 0.29) is 0 Å². The second-order valence-electron chi connectivity index (χ2n) is 5.41. The van der Waals surface area contributed by atoms with Gasteiger partial charge in [-0.25, -0.2) is 0 Å². The van der Waals surface area contributed by atoms with Gasteiger partial charge in [0.1, 0.15) is 11.5 Å². The normalized spacial score (nSPS) is 14.2. The molecule has 0 amide bonds. The quantitative estimate of drug-likeness (QED) is 0.703. The molecule has 4 rings (SSSR count). The van der Waals surface area contributed by atoms with Crippen molar-refractivity contribution in [1.82, 2.24) is 4.98 Å². The number of fused-ring (bicyclic) bond motifs is 3. The highest BCUT2D eigenvalue weighted by atomic mass is 16.5. The Morgan fingerprint density at radius 1 is 0.850 bits per heavy atom. The van der Waals surface area contributed by atoms with Crippen molar-refractivity contribution < 1.29 is 4.74 Å². The molecule has 0 aliphatic heterocycles. The van der Waals surface area contributed by atoms with Gasteiger partial charge in [0.2, 0.25) is 0 Å². The van der Waals surface area contributed by atoms with Gasteiger partial charge < -0.3 is 9.72 Å². The molecule has 0 atom stereocenters. The number of rotatable bonds is 2. The molecule has 1 heterocycles. The fourth-order valence-electron chi connectivity index (χ4n) is 3.07. The predicted octanol–water partition coefficient (Wildman–Crippen LogP) is 4.84. The molecule has 2 nitrogen and oxygen atoms in total. The highest BCUT2D eigenvalue weighted by Crippen LogP contribution is 2.32. The highest BCUT2D eigenvalue weighted by molar-refractivity contribution is 5.86. The van der Waals surface area contributed by atoms with Crippen molar-refractivity contribution in [3.8, 4) is 11.5 Å². The zero-order valence-electron chi connectivity index (χ0n) is 11.4. The molecule has 1 aromatic heterocycles. The zero-order valence-corrected chi connectivity index (χ0v) is 11.4. The largest absolute Gasteiger partial charge is 0.457 e. The van der Waals surface area contributed by atoms with Crippen molar-refractivity contribution in [1.29, 1.82) is 0 Å². The van der Waals surface area contributed by atoms with E-state index < -0.39 is 0 Å². The molecule has 1 aliphatic rings. The van der Waals surface area contributed by atoms with Gasteiger partial charge in [0.25, 0.3) is 0 Å². The van der Waals surface area contributed by atoms with Crippen molar-refractivity contribution >= 4 is 10.9 Å². The van der Waals surface area contributed by atoms with Crippen molar-refractivity contribution in [2.75, 3.05) is 0 Å². The fraction of sp³-hybridized carbons (Fsp3) is 0.222. The van der Waals surface area contributed by atoms with E-state index >= 15 is 0 Å². The Morgan fingerprint density at radius 2 is 1.70 bits per heavy atom. The van der Waals surface area contributed by atoms with Crippen LogP contribution in [-0.2, 0) is 12.8 Å². The van der Waals surface area contributed by atoms with E-state index in [1.54, 1.807) is 0 Å². The average molecular weight is 263 g/mol. The number of H-pyrrole nitrogens is 1. The number of para-hydroxylation sites is 1. The second kappa shape index (κ2) is 4.71. The van der Waals surface area contributed by atoms with Crippen molar-refractivity contribution in [2.45, 2.75) is 25.7 Å². The first-order chi connectivity index (χ1) is 9.90. The molecule has 0 bridgehead atoms. The van der Waals surface area contributed by atoms with Crippen LogP contribution in [0, 0.1) is 0 Å². The summed E-state index contributed by atoms with van der Waals surface area (Å²) < 4.78 is 5.93. The molecule has 2 heteroatoms. The molecular weight excluding hydrogens is 246 g/mol. The third-order valence-corrected chi connectivity index (χ3v) is 4.05. The average Bonchev–Trinajstić information content (AvgIpc) is 2.86. The molecule has 0 unspecified atom stereocenters. The van der Waals surface area contributed by atoms with Crippen LogP contribution in [0.2, 0.25) is 0 Å². The summed E-state index contributed by atoms with van der Waals surface area (Å²) in [5.74, 6) is 1.80. The van der Waals surface area contributed by atoms with Gasteiger partial charge in [-0.1, -0.05) is 18.2 Å². The van der Waals surface area contributed by atoms with Crippen LogP contribution in [0.1, 0.15) is 24.1 Å². The van der Waals surface area contributed by atoms with E-state index in [4.69, 9.17) is 4.74 Å². The Bertz CT molecular complexity index is 743. The van der Waals surface area contributed by atoms with Gasteiger partial charge in [-0.15, -0.1) is 0 Å². The van der Waals surface area contributed by atoms with Crippen LogP contribution in [0.4, 0.5) is 0 Å². The first-order valence-corrected chi connectivity index (χ1v) is 7.26. The van der Waals surface area contributed by atoms with E-state index in [1.165, 1.54) is 47.8 Å². The van der Waals surface area contributed by atoms with Gasteiger partial charge >= 0.3 is 0 Å². The molecule has 0 saturated heterocycles. The summed E-state index contributed by atoms with van der Waals surface area (Å²) in [5, 5.41) is 1.33. The van der Waals surface area contributed by atoms with Crippen LogP contribution < -0.4 is 4.74 Å². The lowest BCUT2D eigenvalue weighted by atomic mass is 9.96. The summed E-state index contributed by atoms with van der Waals surface area (Å²) in [6.45, 7) is 0. The molecule has 0 radical (unpaired) electrons. The lowest BCUT2D eigenvalue weighted by Crippen LogP contribution is -1.99. The van der Waals surface area contributed by atoms with Crippen LogP contribution in [0.3, 0.4) is 0 Å². The van der Waals surface area contributed by atoms with Crippen LogP contribution in [0.15, 0.2) is 48.5 Å². The summed E-state index contributed by atoms with van der Waals surface area (Å²) in [6, 6.07) is 16.3.